The third-order valence-electron chi connectivity index (χ3n) is 3.72. The summed E-state index contributed by atoms with van der Waals surface area (Å²) in [6.45, 7) is 0. The van der Waals surface area contributed by atoms with Crippen molar-refractivity contribution >= 4 is 21.9 Å². The van der Waals surface area contributed by atoms with E-state index in [4.69, 9.17) is 4.74 Å². The first-order valence-electron chi connectivity index (χ1n) is 6.84. The Morgan fingerprint density at radius 2 is 2.19 bits per heavy atom. The minimum atomic E-state index is -0.339. The van der Waals surface area contributed by atoms with Crippen LogP contribution in [0.25, 0.3) is 11.3 Å². The van der Waals surface area contributed by atoms with Gasteiger partial charge < -0.3 is 9.72 Å². The first-order chi connectivity index (χ1) is 10.1. The van der Waals surface area contributed by atoms with E-state index in [9.17, 15) is 9.18 Å². The van der Waals surface area contributed by atoms with Crippen molar-refractivity contribution < 1.29 is 13.9 Å². The van der Waals surface area contributed by atoms with E-state index in [0.717, 1.165) is 23.4 Å². The molecule has 3 nitrogen and oxygen atoms in total. The molecule has 0 spiro atoms. The number of rotatable bonds is 4. The van der Waals surface area contributed by atoms with Crippen molar-refractivity contribution in [2.75, 3.05) is 7.11 Å². The Hall–Kier alpha value is -1.62. The van der Waals surface area contributed by atoms with E-state index < -0.39 is 0 Å². The molecule has 0 saturated heterocycles. The third kappa shape index (κ3) is 3.02. The second-order valence-electron chi connectivity index (χ2n) is 5.34. The van der Waals surface area contributed by atoms with Crippen LogP contribution in [0, 0.1) is 11.7 Å². The van der Waals surface area contributed by atoms with Gasteiger partial charge in [-0.1, -0.05) is 0 Å². The second kappa shape index (κ2) is 5.64. The summed E-state index contributed by atoms with van der Waals surface area (Å²) < 4.78 is 18.6. The summed E-state index contributed by atoms with van der Waals surface area (Å²) in [5.41, 5.74) is 3.10. The largest absolute Gasteiger partial charge is 0.465 e. The van der Waals surface area contributed by atoms with Gasteiger partial charge in [0.05, 0.1) is 17.1 Å². The van der Waals surface area contributed by atoms with Crippen molar-refractivity contribution in [3.63, 3.8) is 0 Å². The monoisotopic (exact) mass is 351 g/mol. The van der Waals surface area contributed by atoms with Crippen LogP contribution in [-0.4, -0.2) is 18.1 Å². The lowest BCUT2D eigenvalue weighted by Crippen LogP contribution is -2.04. The van der Waals surface area contributed by atoms with Crippen LogP contribution < -0.4 is 0 Å². The molecule has 5 heteroatoms. The van der Waals surface area contributed by atoms with Crippen molar-refractivity contribution in [2.24, 2.45) is 5.92 Å². The molecule has 1 saturated carbocycles. The van der Waals surface area contributed by atoms with Gasteiger partial charge >= 0.3 is 5.97 Å². The number of hydrogen-bond donors (Lipinski definition) is 1. The van der Waals surface area contributed by atoms with Crippen molar-refractivity contribution in [1.82, 2.24) is 4.98 Å². The first-order valence-corrected chi connectivity index (χ1v) is 7.63. The molecule has 110 valence electrons. The quantitative estimate of drug-likeness (QED) is 0.833. The highest BCUT2D eigenvalue weighted by atomic mass is 79.9. The number of carbonyl (C=O) groups is 1. The molecule has 0 unspecified atom stereocenters. The molecule has 21 heavy (non-hydrogen) atoms. The summed E-state index contributed by atoms with van der Waals surface area (Å²) in [6.07, 6.45) is 3.26. The van der Waals surface area contributed by atoms with Crippen LogP contribution in [0.4, 0.5) is 4.39 Å². The zero-order chi connectivity index (χ0) is 15.0. The zero-order valence-electron chi connectivity index (χ0n) is 11.6. The fourth-order valence-electron chi connectivity index (χ4n) is 2.38. The van der Waals surface area contributed by atoms with Gasteiger partial charge in [-0.2, -0.15) is 0 Å². The van der Waals surface area contributed by atoms with E-state index in [2.05, 4.69) is 20.9 Å². The molecular weight excluding hydrogens is 337 g/mol. The second-order valence-corrected chi connectivity index (χ2v) is 6.20. The average molecular weight is 352 g/mol. The van der Waals surface area contributed by atoms with Crippen molar-refractivity contribution in [1.29, 1.82) is 0 Å². The lowest BCUT2D eigenvalue weighted by atomic mass is 10.1. The van der Waals surface area contributed by atoms with E-state index >= 15 is 0 Å². The summed E-state index contributed by atoms with van der Waals surface area (Å²) in [5.74, 6) is 0.00545. The van der Waals surface area contributed by atoms with Gasteiger partial charge in [0.15, 0.2) is 0 Å². The Bertz CT molecular complexity index is 692. The highest BCUT2D eigenvalue weighted by molar-refractivity contribution is 9.10. The number of H-pyrrole nitrogens is 1. The van der Waals surface area contributed by atoms with E-state index in [1.54, 1.807) is 18.2 Å². The molecule has 1 aliphatic rings. The molecule has 0 aliphatic heterocycles. The maximum absolute atomic E-state index is 13.3. The Balaban J connectivity index is 1.99. The maximum atomic E-state index is 13.3. The molecule has 1 N–H and O–H groups in total. The standard InChI is InChI=1S/C16H15BrFNO2/c1-21-16(20)11-8-14(19-15(11)6-9-2-3-9)10-4-5-13(18)12(17)7-10/h4-5,7-9,19H,2-3,6H2,1H3. The van der Waals surface area contributed by atoms with Crippen LogP contribution in [0.3, 0.4) is 0 Å². The van der Waals surface area contributed by atoms with Crippen LogP contribution in [0.2, 0.25) is 0 Å². The maximum Gasteiger partial charge on any atom is 0.339 e. The summed E-state index contributed by atoms with van der Waals surface area (Å²) in [7, 11) is 1.38. The molecule has 0 radical (unpaired) electrons. The zero-order valence-corrected chi connectivity index (χ0v) is 13.2. The number of aromatic amines is 1. The molecule has 0 atom stereocenters. The summed E-state index contributed by atoms with van der Waals surface area (Å²) in [5, 5.41) is 0. The normalized spacial score (nSPS) is 14.2. The van der Waals surface area contributed by atoms with Gasteiger partial charge in [0.25, 0.3) is 0 Å². The van der Waals surface area contributed by atoms with Gasteiger partial charge in [0.2, 0.25) is 0 Å². The van der Waals surface area contributed by atoms with E-state index in [1.807, 2.05) is 0 Å². The van der Waals surface area contributed by atoms with Crippen molar-refractivity contribution in [3.05, 3.63) is 45.8 Å². The molecule has 1 aliphatic carbocycles. The number of aromatic nitrogens is 1. The number of nitrogens with one attached hydrogen (secondary N) is 1. The molecule has 0 amide bonds. The molecule has 3 rings (SSSR count). The van der Waals surface area contributed by atoms with Gasteiger partial charge in [0, 0.05) is 11.4 Å². The minimum Gasteiger partial charge on any atom is -0.465 e. The number of methoxy groups -OCH3 is 1. The van der Waals surface area contributed by atoms with Crippen molar-refractivity contribution in [2.45, 2.75) is 19.3 Å². The summed E-state index contributed by atoms with van der Waals surface area (Å²) in [6, 6.07) is 6.57. The lowest BCUT2D eigenvalue weighted by Gasteiger charge is -2.01. The number of halogens is 2. The van der Waals surface area contributed by atoms with E-state index in [0.29, 0.717) is 16.0 Å². The van der Waals surface area contributed by atoms with Crippen LogP contribution in [-0.2, 0) is 11.2 Å². The van der Waals surface area contributed by atoms with Crippen LogP contribution >= 0.6 is 15.9 Å². The van der Waals surface area contributed by atoms with Gasteiger partial charge in [-0.15, -0.1) is 0 Å². The highest BCUT2D eigenvalue weighted by Crippen LogP contribution is 2.35. The SMILES string of the molecule is COC(=O)c1cc(-c2ccc(F)c(Br)c2)[nH]c1CC1CC1. The Labute approximate surface area is 130 Å². The highest BCUT2D eigenvalue weighted by Gasteiger charge is 2.26. The van der Waals surface area contributed by atoms with Crippen LogP contribution in [0.5, 0.6) is 0 Å². The molecule has 1 heterocycles. The molecular formula is C16H15BrFNO2. The van der Waals surface area contributed by atoms with E-state index in [1.165, 1.54) is 26.0 Å². The average Bonchev–Trinajstić information content (AvgIpc) is 3.19. The smallest absolute Gasteiger partial charge is 0.339 e. The van der Waals surface area contributed by atoms with Gasteiger partial charge in [-0.3, -0.25) is 0 Å². The molecule has 1 aromatic heterocycles. The predicted octanol–water partition coefficient (Wildman–Crippen LogP) is 4.32. The fourth-order valence-corrected chi connectivity index (χ4v) is 2.76. The number of carbonyl (C=O) groups excluding carboxylic acids is 1. The minimum absolute atomic E-state index is 0.309. The first kappa shape index (κ1) is 14.3. The van der Waals surface area contributed by atoms with Gasteiger partial charge in [0.1, 0.15) is 5.82 Å². The number of hydrogen-bond acceptors (Lipinski definition) is 2. The summed E-state index contributed by atoms with van der Waals surface area (Å²) in [4.78, 5) is 15.2. The topological polar surface area (TPSA) is 42.1 Å². The van der Waals surface area contributed by atoms with Crippen molar-refractivity contribution in [3.8, 4) is 11.3 Å². The Kier molecular flexibility index (Phi) is 3.85. The van der Waals surface area contributed by atoms with Crippen LogP contribution in [0.1, 0.15) is 28.9 Å². The molecule has 1 fully saturated rings. The fraction of sp³-hybridized carbons (Fsp3) is 0.312. The number of ether oxygens (including phenoxy) is 1. The summed E-state index contributed by atoms with van der Waals surface area (Å²) >= 11 is 3.18. The number of esters is 1. The van der Waals surface area contributed by atoms with E-state index in [-0.39, 0.29) is 11.8 Å². The lowest BCUT2D eigenvalue weighted by molar-refractivity contribution is 0.0599. The predicted molar refractivity (Wildman–Crippen MR) is 81.7 cm³/mol. The Morgan fingerprint density at radius 3 is 2.81 bits per heavy atom. The van der Waals surface area contributed by atoms with Gasteiger partial charge in [-0.25, -0.2) is 9.18 Å². The Morgan fingerprint density at radius 1 is 1.43 bits per heavy atom. The third-order valence-corrected chi connectivity index (χ3v) is 4.33. The van der Waals surface area contributed by atoms with Crippen LogP contribution in [0.15, 0.2) is 28.7 Å². The molecule has 1 aromatic carbocycles. The van der Waals surface area contributed by atoms with Gasteiger partial charge in [-0.05, 0) is 70.9 Å². The molecule has 2 aromatic rings. The number of benzene rings is 1. The molecule has 0 bridgehead atoms.